The molecule has 0 aliphatic heterocycles. The first-order valence-electron chi connectivity index (χ1n) is 5.31. The molecule has 0 aliphatic carbocycles. The molecule has 0 amide bonds. The Morgan fingerprint density at radius 1 is 1.17 bits per heavy atom. The number of aliphatic hydroxyl groups is 1. The normalized spacial score (nSPS) is 7.35. The van der Waals surface area contributed by atoms with Crippen LogP contribution >= 0.6 is 46.6 Å². The Morgan fingerprint density at radius 3 is 2.00 bits per heavy atom. The molecule has 0 atom stereocenters. The number of nitrogens with zero attached hydrogens (tertiary/aromatic N) is 1. The molecule has 2 aromatic heterocycles. The number of rotatable bonds is 1. The van der Waals surface area contributed by atoms with Gasteiger partial charge in [0.1, 0.15) is 0 Å². The summed E-state index contributed by atoms with van der Waals surface area (Å²) in [6.45, 7) is 0. The first-order chi connectivity index (χ1) is 10.1. The number of aromatic amines is 3. The number of aliphatic hydroxyl groups excluding tert-OH is 1. The van der Waals surface area contributed by atoms with Crippen LogP contribution in [0.2, 0.25) is 0 Å². The summed E-state index contributed by atoms with van der Waals surface area (Å²) >= 11 is 8.15. The van der Waals surface area contributed by atoms with Gasteiger partial charge in [0.15, 0.2) is 9.93 Å². The number of hydrogen-bond donors (Lipinski definition) is 4. The molecule has 0 aromatic carbocycles. The third-order valence-electron chi connectivity index (χ3n) is 1.53. The zero-order valence-electron chi connectivity index (χ0n) is 13.2. The Kier molecular flexibility index (Phi) is 29.5. The van der Waals surface area contributed by atoms with Gasteiger partial charge in [-0.15, -0.1) is 0 Å². The van der Waals surface area contributed by atoms with Gasteiger partial charge in [-0.1, -0.05) is 34.4 Å². The van der Waals surface area contributed by atoms with E-state index in [0.717, 1.165) is 7.11 Å². The van der Waals surface area contributed by atoms with Crippen molar-refractivity contribution in [1.82, 2.24) is 19.9 Å². The number of alkyl halides is 1. The van der Waals surface area contributed by atoms with Crippen molar-refractivity contribution >= 4 is 46.6 Å². The maximum Gasteiger partial charge on any atom is 1.00 e. The van der Waals surface area contributed by atoms with Crippen LogP contribution in [0, 0.1) is 4.77 Å². The third kappa shape index (κ3) is 18.2. The molecular weight excluding hydrogens is 466 g/mol. The Morgan fingerprint density at radius 2 is 1.70 bits per heavy atom. The molecule has 0 bridgehead atoms. The van der Waals surface area contributed by atoms with Crippen LogP contribution in [-0.4, -0.2) is 48.8 Å². The molecule has 8 nitrogen and oxygen atoms in total. The third-order valence-corrected chi connectivity index (χ3v) is 2.34. The van der Waals surface area contributed by atoms with Gasteiger partial charge >= 0.3 is 29.6 Å². The number of aromatic nitrogens is 4. The molecule has 0 saturated carbocycles. The summed E-state index contributed by atoms with van der Waals surface area (Å²) in [6, 6.07) is 2.76. The summed E-state index contributed by atoms with van der Waals surface area (Å²) in [5.74, 6) is 0. The van der Waals surface area contributed by atoms with Crippen LogP contribution in [0.4, 0.5) is 0 Å². The predicted molar refractivity (Wildman–Crippen MR) is 98.9 cm³/mol. The molecule has 5 N–H and O–H groups in total. The van der Waals surface area contributed by atoms with Crippen LogP contribution in [-0.2, 0) is 0 Å². The van der Waals surface area contributed by atoms with Crippen LogP contribution in [0.3, 0.4) is 0 Å². The van der Waals surface area contributed by atoms with Gasteiger partial charge in [-0.2, -0.15) is 0 Å². The van der Waals surface area contributed by atoms with E-state index < -0.39 is 0 Å². The molecule has 0 aliphatic rings. The van der Waals surface area contributed by atoms with E-state index in [2.05, 4.69) is 54.7 Å². The standard InChI is InChI=1S/C5H6N2OS.C4H4N2OS.CH3I.CH4O.Na.H2O/c1-9-5-6-3-2-4(8)7-5;7-3-1-2-5-4(8)6-3;2*1-2;;/h2-3H,1H3,(H,6,7,8);1-2H,(H2,5,6,7,8);1H3;2H,1H3;;1H2/q;;;;+1;/p-1. The molecular formula is C11H18IN4NaO4S2. The topological polar surface area (TPSA) is 145 Å². The van der Waals surface area contributed by atoms with Crippen molar-refractivity contribution in [3.63, 3.8) is 0 Å². The molecule has 2 heterocycles. The van der Waals surface area contributed by atoms with Crippen molar-refractivity contribution in [1.29, 1.82) is 0 Å². The van der Waals surface area contributed by atoms with Crippen molar-refractivity contribution in [2.24, 2.45) is 0 Å². The fourth-order valence-corrected chi connectivity index (χ4v) is 1.38. The van der Waals surface area contributed by atoms with Crippen molar-refractivity contribution in [3.05, 3.63) is 50.0 Å². The Labute approximate surface area is 178 Å². The van der Waals surface area contributed by atoms with Gasteiger partial charge in [-0.25, -0.2) is 4.98 Å². The molecule has 23 heavy (non-hydrogen) atoms. The summed E-state index contributed by atoms with van der Waals surface area (Å²) in [7, 11) is 1.00. The summed E-state index contributed by atoms with van der Waals surface area (Å²) in [4.78, 5) is 34.3. The van der Waals surface area contributed by atoms with E-state index in [9.17, 15) is 9.59 Å². The largest absolute Gasteiger partial charge is 1.00 e. The quantitative estimate of drug-likeness (QED) is 0.0954. The number of nitrogens with one attached hydrogen (secondary N) is 3. The van der Waals surface area contributed by atoms with Crippen molar-refractivity contribution in [3.8, 4) is 0 Å². The van der Waals surface area contributed by atoms with Crippen LogP contribution in [0.25, 0.3) is 0 Å². The maximum absolute atomic E-state index is 10.5. The minimum Gasteiger partial charge on any atom is -0.870 e. The predicted octanol–water partition coefficient (Wildman–Crippen LogP) is -1.59. The molecule has 2 aromatic rings. The number of hydrogen-bond acceptors (Lipinski definition) is 7. The van der Waals surface area contributed by atoms with Gasteiger partial charge in [-0.3, -0.25) is 14.6 Å². The van der Waals surface area contributed by atoms with E-state index in [0.29, 0.717) is 9.93 Å². The van der Waals surface area contributed by atoms with E-state index in [1.807, 2.05) is 11.2 Å². The SMILES string of the molecule is CI.CO.CSc1nccc(=O)[nH]1.O=c1cc[nH]c(=S)[nH]1.[Na+].[OH-]. The van der Waals surface area contributed by atoms with E-state index in [1.165, 1.54) is 36.3 Å². The summed E-state index contributed by atoms with van der Waals surface area (Å²) in [5.41, 5.74) is -0.275. The van der Waals surface area contributed by atoms with Crippen molar-refractivity contribution < 1.29 is 40.1 Å². The summed E-state index contributed by atoms with van der Waals surface area (Å²) in [5, 5.41) is 7.66. The second-order valence-electron chi connectivity index (χ2n) is 2.74. The molecule has 2 rings (SSSR count). The van der Waals surface area contributed by atoms with E-state index in [4.69, 9.17) is 5.11 Å². The molecule has 12 heteroatoms. The minimum absolute atomic E-state index is 0. The second-order valence-corrected chi connectivity index (χ2v) is 3.94. The van der Waals surface area contributed by atoms with Gasteiger partial charge in [0.05, 0.1) is 0 Å². The molecule has 0 spiro atoms. The summed E-state index contributed by atoms with van der Waals surface area (Å²) in [6.07, 6.45) is 4.85. The number of H-pyrrole nitrogens is 3. The molecule has 126 valence electrons. The molecule has 0 fully saturated rings. The van der Waals surface area contributed by atoms with Gasteiger partial charge in [-0.05, 0) is 23.4 Å². The molecule has 0 saturated heterocycles. The Balaban J connectivity index is -0.000000121. The zero-order chi connectivity index (χ0) is 16.7. The fraction of sp³-hybridized carbons (Fsp3) is 0.273. The number of halogens is 1. The maximum atomic E-state index is 10.5. The van der Waals surface area contributed by atoms with Crippen LogP contribution in [0.1, 0.15) is 0 Å². The van der Waals surface area contributed by atoms with Gasteiger partial charge in [0.2, 0.25) is 0 Å². The Hall–Kier alpha value is -0.0200. The average molecular weight is 484 g/mol. The second kappa shape index (κ2) is 22.0. The van der Waals surface area contributed by atoms with E-state index in [-0.39, 0.29) is 46.2 Å². The van der Waals surface area contributed by atoms with Gasteiger partial charge in [0, 0.05) is 31.6 Å². The van der Waals surface area contributed by atoms with Crippen LogP contribution in [0.15, 0.2) is 39.3 Å². The van der Waals surface area contributed by atoms with Crippen molar-refractivity contribution in [2.75, 3.05) is 18.3 Å². The average Bonchev–Trinajstić information content (AvgIpc) is 2.51. The van der Waals surface area contributed by atoms with Crippen LogP contribution in [0.5, 0.6) is 0 Å². The monoisotopic (exact) mass is 484 g/mol. The van der Waals surface area contributed by atoms with Crippen LogP contribution < -0.4 is 40.7 Å². The van der Waals surface area contributed by atoms with Gasteiger partial charge in [0.25, 0.3) is 11.1 Å². The molecule has 0 unspecified atom stereocenters. The van der Waals surface area contributed by atoms with E-state index in [1.54, 1.807) is 0 Å². The van der Waals surface area contributed by atoms with Crippen molar-refractivity contribution in [2.45, 2.75) is 5.16 Å². The van der Waals surface area contributed by atoms with E-state index >= 15 is 0 Å². The first kappa shape index (κ1) is 30.8. The first-order valence-corrected chi connectivity index (χ1v) is 9.10. The fourth-order valence-electron chi connectivity index (χ4n) is 0.838. The Bertz CT molecular complexity index is 625. The summed E-state index contributed by atoms with van der Waals surface area (Å²) < 4.78 is 0.359. The molecule has 0 radical (unpaired) electrons. The van der Waals surface area contributed by atoms with Gasteiger partial charge < -0.3 is 20.6 Å². The number of thioether (sulfide) groups is 1. The minimum atomic E-state index is -0.172. The zero-order valence-corrected chi connectivity index (χ0v) is 19.0. The smallest absolute Gasteiger partial charge is 0.870 e.